The molecule has 1 aliphatic heterocycles. The molecule has 82 valence electrons. The molecule has 0 bridgehead atoms. The summed E-state index contributed by atoms with van der Waals surface area (Å²) in [5.74, 6) is 0. The Hall–Kier alpha value is -1.22. The highest BCUT2D eigenvalue weighted by molar-refractivity contribution is 5.59. The Morgan fingerprint density at radius 3 is 2.73 bits per heavy atom. The highest BCUT2D eigenvalue weighted by atomic mass is 16.3. The van der Waals surface area contributed by atoms with Gasteiger partial charge in [-0.15, -0.1) is 0 Å². The van der Waals surface area contributed by atoms with Crippen molar-refractivity contribution in [3.63, 3.8) is 0 Å². The van der Waals surface area contributed by atoms with Gasteiger partial charge in [0.05, 0.1) is 6.10 Å². The van der Waals surface area contributed by atoms with Crippen molar-refractivity contribution in [3.05, 3.63) is 23.8 Å². The molecule has 1 aliphatic rings. The molecular formula is C12H18N2O. The highest BCUT2D eigenvalue weighted by Gasteiger charge is 2.27. The van der Waals surface area contributed by atoms with Gasteiger partial charge in [-0.2, -0.15) is 0 Å². The first-order chi connectivity index (χ1) is 7.08. The Bertz CT molecular complexity index is 365. The fourth-order valence-corrected chi connectivity index (χ4v) is 2.20. The zero-order chi connectivity index (χ0) is 11.0. The molecule has 1 fully saturated rings. The number of anilines is 2. The quantitative estimate of drug-likeness (QED) is 0.685. The Balaban J connectivity index is 2.26. The van der Waals surface area contributed by atoms with E-state index in [0.717, 1.165) is 29.9 Å². The van der Waals surface area contributed by atoms with Crippen molar-refractivity contribution in [2.45, 2.75) is 32.4 Å². The van der Waals surface area contributed by atoms with E-state index in [9.17, 15) is 5.11 Å². The largest absolute Gasteiger partial charge is 0.399 e. The van der Waals surface area contributed by atoms with Crippen LogP contribution in [-0.2, 0) is 0 Å². The second kappa shape index (κ2) is 3.74. The maximum atomic E-state index is 9.59. The normalized spacial score (nSPS) is 25.9. The van der Waals surface area contributed by atoms with E-state index < -0.39 is 0 Å². The predicted octanol–water partition coefficient (Wildman–Crippen LogP) is 1.54. The minimum atomic E-state index is -0.196. The number of nitrogens with zero attached hydrogens (tertiary/aromatic N) is 1. The Morgan fingerprint density at radius 2 is 2.20 bits per heavy atom. The molecular weight excluding hydrogens is 188 g/mol. The Morgan fingerprint density at radius 1 is 1.47 bits per heavy atom. The van der Waals surface area contributed by atoms with Gasteiger partial charge in [-0.05, 0) is 44.0 Å². The summed E-state index contributed by atoms with van der Waals surface area (Å²) in [6.45, 7) is 4.88. The summed E-state index contributed by atoms with van der Waals surface area (Å²) >= 11 is 0. The second-order valence-electron chi connectivity index (χ2n) is 4.43. The molecule has 0 aromatic heterocycles. The number of hydrogen-bond acceptors (Lipinski definition) is 3. The summed E-state index contributed by atoms with van der Waals surface area (Å²) in [6, 6.07) is 6.45. The van der Waals surface area contributed by atoms with Gasteiger partial charge in [-0.3, -0.25) is 0 Å². The molecule has 3 N–H and O–H groups in total. The lowest BCUT2D eigenvalue weighted by molar-refractivity contribution is 0.195. The first-order valence-corrected chi connectivity index (χ1v) is 5.39. The number of β-amino-alcohol motifs (C(OH)–C–C–N with tert-alkyl or cyclic N) is 1. The average Bonchev–Trinajstić information content (AvgIpc) is 2.50. The van der Waals surface area contributed by atoms with E-state index in [-0.39, 0.29) is 6.10 Å². The number of aliphatic hydroxyl groups is 1. The monoisotopic (exact) mass is 206 g/mol. The van der Waals surface area contributed by atoms with E-state index >= 15 is 0 Å². The number of nitrogens with two attached hydrogens (primary N) is 1. The topological polar surface area (TPSA) is 49.5 Å². The number of aliphatic hydroxyl groups excluding tert-OH is 1. The molecule has 1 aromatic carbocycles. The molecule has 3 nitrogen and oxygen atoms in total. The van der Waals surface area contributed by atoms with E-state index in [4.69, 9.17) is 5.73 Å². The van der Waals surface area contributed by atoms with Crippen LogP contribution in [-0.4, -0.2) is 23.8 Å². The van der Waals surface area contributed by atoms with Crippen LogP contribution in [0.3, 0.4) is 0 Å². The van der Waals surface area contributed by atoms with Crippen molar-refractivity contribution in [1.82, 2.24) is 0 Å². The van der Waals surface area contributed by atoms with Gasteiger partial charge in [-0.1, -0.05) is 0 Å². The molecule has 0 radical (unpaired) electrons. The van der Waals surface area contributed by atoms with Crippen LogP contribution >= 0.6 is 0 Å². The van der Waals surface area contributed by atoms with Gasteiger partial charge in [0.1, 0.15) is 0 Å². The van der Waals surface area contributed by atoms with Crippen molar-refractivity contribution in [2.24, 2.45) is 0 Å². The van der Waals surface area contributed by atoms with Crippen LogP contribution in [0, 0.1) is 6.92 Å². The molecule has 1 aromatic rings. The van der Waals surface area contributed by atoms with Gasteiger partial charge < -0.3 is 15.7 Å². The van der Waals surface area contributed by atoms with Gasteiger partial charge in [0, 0.05) is 24.0 Å². The Kier molecular flexibility index (Phi) is 2.57. The summed E-state index contributed by atoms with van der Waals surface area (Å²) in [6.07, 6.45) is 0.654. The highest BCUT2D eigenvalue weighted by Crippen LogP contribution is 2.27. The van der Waals surface area contributed by atoms with Gasteiger partial charge in [0.25, 0.3) is 0 Å². The van der Waals surface area contributed by atoms with Crippen LogP contribution in [0.2, 0.25) is 0 Å². The lowest BCUT2D eigenvalue weighted by Gasteiger charge is -2.24. The zero-order valence-electron chi connectivity index (χ0n) is 9.27. The smallest absolute Gasteiger partial charge is 0.0734 e. The number of nitrogen functional groups attached to an aromatic ring is 1. The number of hydrogen-bond donors (Lipinski definition) is 2. The van der Waals surface area contributed by atoms with Gasteiger partial charge >= 0.3 is 0 Å². The SMILES string of the molecule is Cc1cc(N2CC(O)CC2C)ccc1N. The third-order valence-electron chi connectivity index (χ3n) is 3.14. The van der Waals surface area contributed by atoms with Gasteiger partial charge in [0.15, 0.2) is 0 Å². The third kappa shape index (κ3) is 1.92. The molecule has 0 amide bonds. The average molecular weight is 206 g/mol. The summed E-state index contributed by atoms with van der Waals surface area (Å²) in [4.78, 5) is 2.23. The number of benzene rings is 1. The molecule has 2 rings (SSSR count). The van der Waals surface area contributed by atoms with Crippen LogP contribution in [0.5, 0.6) is 0 Å². The number of aryl methyl sites for hydroxylation is 1. The van der Waals surface area contributed by atoms with Gasteiger partial charge in [-0.25, -0.2) is 0 Å². The minimum Gasteiger partial charge on any atom is -0.399 e. The maximum absolute atomic E-state index is 9.59. The molecule has 1 saturated heterocycles. The molecule has 1 heterocycles. The third-order valence-corrected chi connectivity index (χ3v) is 3.14. The molecule has 0 aliphatic carbocycles. The predicted molar refractivity (Wildman–Crippen MR) is 63.0 cm³/mol. The first-order valence-electron chi connectivity index (χ1n) is 5.39. The van der Waals surface area contributed by atoms with Crippen molar-refractivity contribution >= 4 is 11.4 Å². The lowest BCUT2D eigenvalue weighted by atomic mass is 10.1. The van der Waals surface area contributed by atoms with E-state index in [1.54, 1.807) is 0 Å². The van der Waals surface area contributed by atoms with E-state index in [2.05, 4.69) is 17.9 Å². The summed E-state index contributed by atoms with van der Waals surface area (Å²) in [5, 5.41) is 9.59. The van der Waals surface area contributed by atoms with E-state index in [1.807, 2.05) is 19.1 Å². The molecule has 0 saturated carbocycles. The fourth-order valence-electron chi connectivity index (χ4n) is 2.20. The van der Waals surface area contributed by atoms with Crippen LogP contribution in [0.1, 0.15) is 18.9 Å². The fraction of sp³-hybridized carbons (Fsp3) is 0.500. The van der Waals surface area contributed by atoms with Crippen LogP contribution in [0.4, 0.5) is 11.4 Å². The van der Waals surface area contributed by atoms with Crippen molar-refractivity contribution in [1.29, 1.82) is 0 Å². The van der Waals surface area contributed by atoms with E-state index in [0.29, 0.717) is 6.04 Å². The second-order valence-corrected chi connectivity index (χ2v) is 4.43. The van der Waals surface area contributed by atoms with Crippen LogP contribution < -0.4 is 10.6 Å². The summed E-state index contributed by atoms with van der Waals surface area (Å²) in [7, 11) is 0. The molecule has 2 atom stereocenters. The Labute approximate surface area is 90.5 Å². The van der Waals surface area contributed by atoms with E-state index in [1.165, 1.54) is 0 Å². The zero-order valence-corrected chi connectivity index (χ0v) is 9.27. The van der Waals surface area contributed by atoms with Crippen molar-refractivity contribution in [3.8, 4) is 0 Å². The van der Waals surface area contributed by atoms with Crippen molar-refractivity contribution in [2.75, 3.05) is 17.2 Å². The standard InChI is InChI=1S/C12H18N2O/c1-8-5-10(3-4-12(8)13)14-7-11(15)6-9(14)2/h3-5,9,11,15H,6-7,13H2,1-2H3. The van der Waals surface area contributed by atoms with Crippen molar-refractivity contribution < 1.29 is 5.11 Å². The summed E-state index contributed by atoms with van der Waals surface area (Å²) < 4.78 is 0. The molecule has 15 heavy (non-hydrogen) atoms. The van der Waals surface area contributed by atoms with Crippen LogP contribution in [0.15, 0.2) is 18.2 Å². The first kappa shape index (κ1) is 10.3. The summed E-state index contributed by atoms with van der Waals surface area (Å²) in [5.41, 5.74) is 8.86. The minimum absolute atomic E-state index is 0.196. The van der Waals surface area contributed by atoms with Gasteiger partial charge in [0.2, 0.25) is 0 Å². The maximum Gasteiger partial charge on any atom is 0.0734 e. The molecule has 2 unspecified atom stereocenters. The molecule has 3 heteroatoms. The lowest BCUT2D eigenvalue weighted by Crippen LogP contribution is -2.27. The van der Waals surface area contributed by atoms with Crippen LogP contribution in [0.25, 0.3) is 0 Å². The molecule has 0 spiro atoms. The number of rotatable bonds is 1.